The molecule has 108 valence electrons. The summed E-state index contributed by atoms with van der Waals surface area (Å²) < 4.78 is 0. The van der Waals surface area contributed by atoms with Crippen LogP contribution < -0.4 is 10.6 Å². The van der Waals surface area contributed by atoms with Crippen LogP contribution in [0.2, 0.25) is 0 Å². The van der Waals surface area contributed by atoms with E-state index in [1.807, 2.05) is 0 Å². The lowest BCUT2D eigenvalue weighted by Crippen LogP contribution is -2.24. The number of pyridine rings is 1. The Labute approximate surface area is 121 Å². The molecule has 0 saturated carbocycles. The number of anilines is 1. The van der Waals surface area contributed by atoms with Gasteiger partial charge in [0.15, 0.2) is 0 Å². The molecule has 0 aliphatic heterocycles. The fourth-order valence-corrected chi connectivity index (χ4v) is 2.36. The van der Waals surface area contributed by atoms with Gasteiger partial charge < -0.3 is 15.5 Å². The summed E-state index contributed by atoms with van der Waals surface area (Å²) in [6.07, 6.45) is 1.12. The molecule has 0 aliphatic rings. The first kappa shape index (κ1) is 14.8. The molecule has 1 aromatic carbocycles. The lowest BCUT2D eigenvalue weighted by Gasteiger charge is -2.21. The minimum Gasteiger partial charge on any atom is -0.359 e. The molecule has 4 nitrogen and oxygen atoms in total. The summed E-state index contributed by atoms with van der Waals surface area (Å²) in [7, 11) is 6.30. The minimum absolute atomic E-state index is 0.476. The molecule has 1 aromatic heterocycles. The second-order valence-corrected chi connectivity index (χ2v) is 5.44. The van der Waals surface area contributed by atoms with Gasteiger partial charge in [0.05, 0.1) is 5.69 Å². The molecule has 0 saturated heterocycles. The van der Waals surface area contributed by atoms with E-state index in [2.05, 4.69) is 61.3 Å². The number of benzene rings is 1. The largest absolute Gasteiger partial charge is 0.359 e. The molecule has 0 radical (unpaired) electrons. The Morgan fingerprint density at radius 2 is 1.85 bits per heavy atom. The third-order valence-electron chi connectivity index (χ3n) is 3.44. The van der Waals surface area contributed by atoms with Crippen LogP contribution in [0, 0.1) is 0 Å². The Balaban J connectivity index is 2.27. The molecule has 1 heterocycles. The summed E-state index contributed by atoms with van der Waals surface area (Å²) in [5, 5.41) is 2.40. The quantitative estimate of drug-likeness (QED) is 0.874. The van der Waals surface area contributed by atoms with E-state index in [4.69, 9.17) is 10.7 Å². The fourth-order valence-electron chi connectivity index (χ4n) is 2.36. The Bertz CT molecular complexity index is 565. The molecule has 0 amide bonds. The van der Waals surface area contributed by atoms with Gasteiger partial charge in [0.2, 0.25) is 0 Å². The van der Waals surface area contributed by atoms with Crippen LogP contribution >= 0.6 is 0 Å². The van der Waals surface area contributed by atoms with Gasteiger partial charge in [-0.15, -0.1) is 0 Å². The Hall–Kier alpha value is -1.65. The van der Waals surface area contributed by atoms with E-state index in [9.17, 15) is 0 Å². The molecular formula is C16H24N4. The number of aromatic nitrogens is 1. The third kappa shape index (κ3) is 3.46. The number of nitrogens with two attached hydrogens (primary N) is 1. The molecule has 0 bridgehead atoms. The maximum atomic E-state index is 5.76. The molecule has 2 rings (SSSR count). The predicted octanol–water partition coefficient (Wildman–Crippen LogP) is 2.08. The average Bonchev–Trinajstić information content (AvgIpc) is 2.45. The summed E-state index contributed by atoms with van der Waals surface area (Å²) in [6, 6.07) is 10.4. The van der Waals surface area contributed by atoms with Gasteiger partial charge in [0, 0.05) is 25.5 Å². The second kappa shape index (κ2) is 6.68. The molecule has 0 spiro atoms. The maximum Gasteiger partial charge on any atom is 0.136 e. The third-order valence-corrected chi connectivity index (χ3v) is 3.44. The molecule has 2 N–H and O–H groups in total. The van der Waals surface area contributed by atoms with Crippen LogP contribution in [0.25, 0.3) is 10.8 Å². The van der Waals surface area contributed by atoms with Gasteiger partial charge in [-0.2, -0.15) is 0 Å². The van der Waals surface area contributed by atoms with E-state index in [0.29, 0.717) is 6.54 Å². The predicted molar refractivity (Wildman–Crippen MR) is 86.1 cm³/mol. The molecule has 20 heavy (non-hydrogen) atoms. The van der Waals surface area contributed by atoms with E-state index in [1.54, 1.807) is 0 Å². The van der Waals surface area contributed by atoms with Crippen molar-refractivity contribution < 1.29 is 0 Å². The topological polar surface area (TPSA) is 45.4 Å². The van der Waals surface area contributed by atoms with Gasteiger partial charge in [0.1, 0.15) is 5.82 Å². The number of rotatable bonds is 6. The fraction of sp³-hybridized carbons (Fsp3) is 0.438. The van der Waals surface area contributed by atoms with Crippen molar-refractivity contribution >= 4 is 16.6 Å². The molecular weight excluding hydrogens is 248 g/mol. The monoisotopic (exact) mass is 272 g/mol. The van der Waals surface area contributed by atoms with Crippen molar-refractivity contribution in [3.63, 3.8) is 0 Å². The van der Waals surface area contributed by atoms with E-state index >= 15 is 0 Å². The van der Waals surface area contributed by atoms with Crippen molar-refractivity contribution in [1.82, 2.24) is 9.88 Å². The summed E-state index contributed by atoms with van der Waals surface area (Å²) in [5.41, 5.74) is 6.70. The minimum atomic E-state index is 0.476. The number of fused-ring (bicyclic) bond motifs is 1. The highest BCUT2D eigenvalue weighted by Gasteiger charge is 2.09. The zero-order valence-corrected chi connectivity index (χ0v) is 12.6. The van der Waals surface area contributed by atoms with Crippen molar-refractivity contribution in [2.24, 2.45) is 5.73 Å². The zero-order chi connectivity index (χ0) is 14.5. The van der Waals surface area contributed by atoms with Gasteiger partial charge in [-0.1, -0.05) is 24.3 Å². The van der Waals surface area contributed by atoms with E-state index < -0.39 is 0 Å². The van der Waals surface area contributed by atoms with Crippen LogP contribution in [-0.2, 0) is 6.54 Å². The van der Waals surface area contributed by atoms with E-state index in [0.717, 1.165) is 31.0 Å². The van der Waals surface area contributed by atoms with Crippen molar-refractivity contribution in [1.29, 1.82) is 0 Å². The molecule has 4 heteroatoms. The highest BCUT2D eigenvalue weighted by Crippen LogP contribution is 2.25. The molecule has 0 fully saturated rings. The summed E-state index contributed by atoms with van der Waals surface area (Å²) in [4.78, 5) is 9.14. The van der Waals surface area contributed by atoms with Crippen LogP contribution in [0.3, 0.4) is 0 Å². The normalized spacial score (nSPS) is 11.2. The SMILES string of the molecule is CN(C)CCCN(C)c1nc(CN)cc2ccccc12. The number of hydrogen-bond acceptors (Lipinski definition) is 4. The van der Waals surface area contributed by atoms with E-state index in [-0.39, 0.29) is 0 Å². The molecule has 0 aliphatic carbocycles. The van der Waals surface area contributed by atoms with Gasteiger partial charge >= 0.3 is 0 Å². The van der Waals surface area contributed by atoms with Crippen molar-refractivity contribution in [3.05, 3.63) is 36.0 Å². The van der Waals surface area contributed by atoms with Gasteiger partial charge in [-0.3, -0.25) is 0 Å². The summed E-state index contributed by atoms with van der Waals surface area (Å²) >= 11 is 0. The maximum absolute atomic E-state index is 5.76. The van der Waals surface area contributed by atoms with Crippen molar-refractivity contribution in [3.8, 4) is 0 Å². The Morgan fingerprint density at radius 3 is 2.55 bits per heavy atom. The van der Waals surface area contributed by atoms with Crippen LogP contribution in [-0.4, -0.2) is 44.1 Å². The lowest BCUT2D eigenvalue weighted by molar-refractivity contribution is 0.401. The first-order valence-electron chi connectivity index (χ1n) is 7.06. The Morgan fingerprint density at radius 1 is 1.10 bits per heavy atom. The van der Waals surface area contributed by atoms with Crippen LogP contribution in [0.1, 0.15) is 12.1 Å². The number of nitrogens with zero attached hydrogens (tertiary/aromatic N) is 3. The summed E-state index contributed by atoms with van der Waals surface area (Å²) in [6.45, 7) is 2.55. The molecule has 2 aromatic rings. The second-order valence-electron chi connectivity index (χ2n) is 5.44. The average molecular weight is 272 g/mol. The first-order valence-corrected chi connectivity index (χ1v) is 7.06. The summed E-state index contributed by atoms with van der Waals surface area (Å²) in [5.74, 6) is 1.03. The van der Waals surface area contributed by atoms with Crippen LogP contribution in [0.4, 0.5) is 5.82 Å². The number of hydrogen-bond donors (Lipinski definition) is 1. The first-order chi connectivity index (χ1) is 9.61. The Kier molecular flexibility index (Phi) is 4.93. The van der Waals surface area contributed by atoms with Crippen LogP contribution in [0.15, 0.2) is 30.3 Å². The van der Waals surface area contributed by atoms with Gasteiger partial charge in [0.25, 0.3) is 0 Å². The zero-order valence-electron chi connectivity index (χ0n) is 12.6. The van der Waals surface area contributed by atoms with Gasteiger partial charge in [-0.05, 0) is 38.5 Å². The smallest absolute Gasteiger partial charge is 0.136 e. The highest BCUT2D eigenvalue weighted by atomic mass is 15.2. The van der Waals surface area contributed by atoms with Crippen molar-refractivity contribution in [2.45, 2.75) is 13.0 Å². The molecule has 0 unspecified atom stereocenters. The lowest BCUT2D eigenvalue weighted by atomic mass is 10.1. The highest BCUT2D eigenvalue weighted by molar-refractivity contribution is 5.92. The molecule has 0 atom stereocenters. The van der Waals surface area contributed by atoms with Crippen LogP contribution in [0.5, 0.6) is 0 Å². The van der Waals surface area contributed by atoms with Crippen molar-refractivity contribution in [2.75, 3.05) is 39.1 Å². The standard InChI is InChI=1S/C16H24N4/c1-19(2)9-6-10-20(3)16-15-8-5-4-7-13(15)11-14(12-17)18-16/h4-5,7-8,11H,6,9-10,12,17H2,1-3H3. The van der Waals surface area contributed by atoms with E-state index in [1.165, 1.54) is 10.8 Å². The van der Waals surface area contributed by atoms with Gasteiger partial charge in [-0.25, -0.2) is 4.98 Å².